The van der Waals surface area contributed by atoms with Crippen LogP contribution < -0.4 is 16.4 Å². The summed E-state index contributed by atoms with van der Waals surface area (Å²) in [5.74, 6) is -1.45. The number of rotatable bonds is 5. The maximum Gasteiger partial charge on any atom is 0.279 e. The monoisotopic (exact) mass is 448 g/mol. The van der Waals surface area contributed by atoms with Gasteiger partial charge in [-0.2, -0.15) is 5.10 Å². The third-order valence-corrected chi connectivity index (χ3v) is 5.64. The van der Waals surface area contributed by atoms with Crippen molar-refractivity contribution in [1.82, 2.24) is 20.6 Å². The van der Waals surface area contributed by atoms with E-state index in [2.05, 4.69) is 16.0 Å². The highest BCUT2D eigenvalue weighted by atomic mass is 32.1. The van der Waals surface area contributed by atoms with E-state index in [0.29, 0.717) is 10.6 Å². The maximum atomic E-state index is 13.1. The lowest BCUT2D eigenvalue weighted by molar-refractivity contribution is -0.122. The predicted molar refractivity (Wildman–Crippen MR) is 119 cm³/mol. The third-order valence-electron chi connectivity index (χ3n) is 4.50. The van der Waals surface area contributed by atoms with Crippen LogP contribution in [0.3, 0.4) is 0 Å². The lowest BCUT2D eigenvalue weighted by Gasteiger charge is -2.09. The van der Waals surface area contributed by atoms with Gasteiger partial charge < -0.3 is 0 Å². The van der Waals surface area contributed by atoms with Crippen LogP contribution >= 0.6 is 11.3 Å². The molecule has 2 heterocycles. The summed E-state index contributed by atoms with van der Waals surface area (Å²) in [6.45, 7) is -0.356. The number of hydrazine groups is 1. The first-order chi connectivity index (χ1) is 15.5. The van der Waals surface area contributed by atoms with Crippen molar-refractivity contribution < 1.29 is 14.0 Å². The van der Waals surface area contributed by atoms with Crippen molar-refractivity contribution in [3.8, 4) is 21.7 Å². The third kappa shape index (κ3) is 4.96. The fourth-order valence-corrected chi connectivity index (χ4v) is 3.82. The molecule has 0 saturated heterocycles. The van der Waals surface area contributed by atoms with E-state index in [1.807, 2.05) is 30.3 Å². The molecule has 160 valence electrons. The van der Waals surface area contributed by atoms with Gasteiger partial charge >= 0.3 is 0 Å². The molecule has 7 nitrogen and oxygen atoms in total. The molecule has 0 bridgehead atoms. The smallest absolute Gasteiger partial charge is 0.271 e. The number of nitrogens with zero attached hydrogens (tertiary/aromatic N) is 2. The first kappa shape index (κ1) is 21.1. The first-order valence-electron chi connectivity index (χ1n) is 9.58. The molecule has 2 amide bonds. The van der Waals surface area contributed by atoms with E-state index in [1.165, 1.54) is 29.5 Å². The Kier molecular flexibility index (Phi) is 6.18. The van der Waals surface area contributed by atoms with Crippen molar-refractivity contribution in [3.05, 3.63) is 99.9 Å². The quantitative estimate of drug-likeness (QED) is 0.459. The number of halogens is 1. The van der Waals surface area contributed by atoms with E-state index >= 15 is 0 Å². The molecule has 0 aliphatic carbocycles. The van der Waals surface area contributed by atoms with Gasteiger partial charge in [0.2, 0.25) is 0 Å². The van der Waals surface area contributed by atoms with Gasteiger partial charge in [0.15, 0.2) is 0 Å². The Labute approximate surface area is 186 Å². The molecule has 0 aliphatic heterocycles. The number of amides is 2. The summed E-state index contributed by atoms with van der Waals surface area (Å²) >= 11 is 1.20. The molecule has 0 spiro atoms. The minimum Gasteiger partial charge on any atom is -0.271 e. The molecule has 0 fully saturated rings. The normalized spacial score (nSPS) is 10.5. The zero-order chi connectivity index (χ0) is 22.5. The Balaban J connectivity index is 1.38. The van der Waals surface area contributed by atoms with E-state index < -0.39 is 17.4 Å². The van der Waals surface area contributed by atoms with Gasteiger partial charge in [0.25, 0.3) is 17.4 Å². The van der Waals surface area contributed by atoms with Gasteiger partial charge in [0, 0.05) is 16.5 Å². The van der Waals surface area contributed by atoms with Crippen molar-refractivity contribution in [2.45, 2.75) is 6.54 Å². The van der Waals surface area contributed by atoms with E-state index in [4.69, 9.17) is 0 Å². The highest BCUT2D eigenvalue weighted by Crippen LogP contribution is 2.28. The molecule has 0 aliphatic rings. The van der Waals surface area contributed by atoms with E-state index in [9.17, 15) is 18.8 Å². The van der Waals surface area contributed by atoms with Gasteiger partial charge in [0.1, 0.15) is 12.4 Å². The summed E-state index contributed by atoms with van der Waals surface area (Å²) in [7, 11) is 0. The second kappa shape index (κ2) is 9.36. The first-order valence-corrected chi connectivity index (χ1v) is 10.4. The van der Waals surface area contributed by atoms with Gasteiger partial charge in [-0.15, -0.1) is 11.3 Å². The van der Waals surface area contributed by atoms with Gasteiger partial charge in [-0.05, 0) is 35.9 Å². The number of hydrogen-bond donors (Lipinski definition) is 2. The lowest BCUT2D eigenvalue weighted by atomic mass is 10.1. The summed E-state index contributed by atoms with van der Waals surface area (Å²) in [5.41, 5.74) is 6.32. The predicted octanol–water partition coefficient (Wildman–Crippen LogP) is 3.24. The van der Waals surface area contributed by atoms with Crippen molar-refractivity contribution in [2.75, 3.05) is 0 Å². The summed E-state index contributed by atoms with van der Waals surface area (Å²) in [5, 5.41) is 4.22. The van der Waals surface area contributed by atoms with Crippen LogP contribution in [0, 0.1) is 5.82 Å². The highest BCUT2D eigenvalue weighted by molar-refractivity contribution is 7.17. The summed E-state index contributed by atoms with van der Waals surface area (Å²) < 4.78 is 14.1. The number of aromatic nitrogens is 2. The molecular weight excluding hydrogens is 431 g/mol. The largest absolute Gasteiger partial charge is 0.279 e. The minimum absolute atomic E-state index is 0.339. The number of thiophene rings is 1. The van der Waals surface area contributed by atoms with E-state index in [1.54, 1.807) is 30.3 Å². The second-order valence-electron chi connectivity index (χ2n) is 6.75. The molecule has 0 unspecified atom stereocenters. The standard InChI is InChI=1S/C23H17FN4O3S/c24-17-8-6-16(7-9-17)19-11-12-20(32-19)23(31)26-25-21(29)14-28-22(30)13-10-18(27-28)15-4-2-1-3-5-15/h1-13H,14H2,(H,25,29)(H,26,31). The fourth-order valence-electron chi connectivity index (χ4n) is 2.92. The van der Waals surface area contributed by atoms with Gasteiger partial charge in [-0.3, -0.25) is 25.2 Å². The summed E-state index contributed by atoms with van der Waals surface area (Å²) in [4.78, 5) is 37.8. The molecule has 0 saturated carbocycles. The molecule has 2 aromatic carbocycles. The highest BCUT2D eigenvalue weighted by Gasteiger charge is 2.13. The minimum atomic E-state index is -0.603. The molecule has 4 rings (SSSR count). The molecule has 0 radical (unpaired) electrons. The van der Waals surface area contributed by atoms with Crippen LogP contribution in [-0.4, -0.2) is 21.6 Å². The van der Waals surface area contributed by atoms with Crippen LogP contribution in [0.2, 0.25) is 0 Å². The molecular formula is C23H17FN4O3S. The van der Waals surface area contributed by atoms with E-state index in [0.717, 1.165) is 20.7 Å². The molecule has 4 aromatic rings. The van der Waals surface area contributed by atoms with Crippen LogP contribution in [0.5, 0.6) is 0 Å². The average molecular weight is 448 g/mol. The van der Waals surface area contributed by atoms with Crippen LogP contribution in [0.1, 0.15) is 9.67 Å². The number of carbonyl (C=O) groups excluding carboxylic acids is 2. The Morgan fingerprint density at radius 1 is 0.875 bits per heavy atom. The van der Waals surface area contributed by atoms with Crippen LogP contribution in [-0.2, 0) is 11.3 Å². The lowest BCUT2D eigenvalue weighted by Crippen LogP contribution is -2.44. The Morgan fingerprint density at radius 2 is 1.62 bits per heavy atom. The van der Waals surface area contributed by atoms with Crippen molar-refractivity contribution in [3.63, 3.8) is 0 Å². The van der Waals surface area contributed by atoms with Crippen LogP contribution in [0.25, 0.3) is 21.7 Å². The van der Waals surface area contributed by atoms with E-state index in [-0.39, 0.29) is 12.4 Å². The number of benzene rings is 2. The number of hydrogen-bond acceptors (Lipinski definition) is 5. The summed E-state index contributed by atoms with van der Waals surface area (Å²) in [6.07, 6.45) is 0. The number of carbonyl (C=O) groups is 2. The van der Waals surface area contributed by atoms with Crippen LogP contribution in [0.15, 0.2) is 83.7 Å². The maximum absolute atomic E-state index is 13.1. The topological polar surface area (TPSA) is 93.1 Å². The van der Waals surface area contributed by atoms with Crippen LogP contribution in [0.4, 0.5) is 4.39 Å². The molecule has 32 heavy (non-hydrogen) atoms. The second-order valence-corrected chi connectivity index (χ2v) is 7.84. The molecule has 2 N–H and O–H groups in total. The summed E-state index contributed by atoms with van der Waals surface area (Å²) in [6, 6.07) is 21.5. The van der Waals surface area contributed by atoms with Gasteiger partial charge in [-0.25, -0.2) is 9.07 Å². The molecule has 2 aromatic heterocycles. The average Bonchev–Trinajstić information content (AvgIpc) is 3.30. The zero-order valence-electron chi connectivity index (χ0n) is 16.6. The SMILES string of the molecule is O=C(Cn1nc(-c2ccccc2)ccc1=O)NNC(=O)c1ccc(-c2ccc(F)cc2)s1. The van der Waals surface area contributed by atoms with Crippen molar-refractivity contribution >= 4 is 23.2 Å². The fraction of sp³-hybridized carbons (Fsp3) is 0.0435. The van der Waals surface area contributed by atoms with Crippen molar-refractivity contribution in [2.24, 2.45) is 0 Å². The Bertz CT molecular complexity index is 1320. The number of nitrogens with one attached hydrogen (secondary N) is 2. The molecule has 0 atom stereocenters. The zero-order valence-corrected chi connectivity index (χ0v) is 17.4. The van der Waals surface area contributed by atoms with Gasteiger partial charge in [0.05, 0.1) is 10.6 Å². The van der Waals surface area contributed by atoms with Crippen molar-refractivity contribution in [1.29, 1.82) is 0 Å². The Hall–Kier alpha value is -4.11. The van der Waals surface area contributed by atoms with Gasteiger partial charge in [-0.1, -0.05) is 42.5 Å². The Morgan fingerprint density at radius 3 is 2.38 bits per heavy atom. The molecule has 9 heteroatoms.